The molecule has 150 valence electrons. The lowest BCUT2D eigenvalue weighted by molar-refractivity contribution is 0.102. The maximum atomic E-state index is 12.6. The zero-order valence-corrected chi connectivity index (χ0v) is 16.8. The molecule has 0 bridgehead atoms. The summed E-state index contributed by atoms with van der Waals surface area (Å²) in [6.07, 6.45) is 1.62. The van der Waals surface area contributed by atoms with Crippen LogP contribution in [0.15, 0.2) is 54.7 Å². The number of pyridine rings is 1. The van der Waals surface area contributed by atoms with Gasteiger partial charge in [-0.25, -0.2) is 4.98 Å². The molecule has 3 rings (SSSR count). The molecule has 0 aliphatic carbocycles. The summed E-state index contributed by atoms with van der Waals surface area (Å²) in [6.45, 7) is 2.02. The van der Waals surface area contributed by atoms with Crippen LogP contribution in [0.1, 0.15) is 16.1 Å². The zero-order valence-electron chi connectivity index (χ0n) is 16.8. The second-order valence-electron chi connectivity index (χ2n) is 6.24. The van der Waals surface area contributed by atoms with E-state index in [1.165, 1.54) is 21.3 Å². The fraction of sp³-hybridized carbons (Fsp3) is 0.182. The van der Waals surface area contributed by atoms with Gasteiger partial charge in [0.1, 0.15) is 5.69 Å². The number of nitrogens with zero attached hydrogens (tertiary/aromatic N) is 1. The van der Waals surface area contributed by atoms with Crippen LogP contribution in [0.3, 0.4) is 0 Å². The Labute approximate surface area is 169 Å². The maximum Gasteiger partial charge on any atom is 0.274 e. The zero-order chi connectivity index (χ0) is 20.8. The van der Waals surface area contributed by atoms with Crippen LogP contribution in [0, 0.1) is 6.92 Å². The number of aromatic nitrogens is 1. The van der Waals surface area contributed by atoms with E-state index in [2.05, 4.69) is 15.6 Å². The summed E-state index contributed by atoms with van der Waals surface area (Å²) in [5, 5.41) is 6.09. The monoisotopic (exact) mass is 393 g/mol. The molecule has 0 fully saturated rings. The van der Waals surface area contributed by atoms with E-state index in [1.54, 1.807) is 24.4 Å². The molecule has 2 N–H and O–H groups in total. The number of hydrogen-bond donors (Lipinski definition) is 2. The molecule has 0 spiro atoms. The Morgan fingerprint density at radius 2 is 1.59 bits per heavy atom. The number of aryl methyl sites for hydroxylation is 1. The van der Waals surface area contributed by atoms with Crippen molar-refractivity contribution in [1.82, 2.24) is 4.98 Å². The number of para-hydroxylation sites is 1. The third-order valence-electron chi connectivity index (χ3n) is 4.34. The highest BCUT2D eigenvalue weighted by Crippen LogP contribution is 2.40. The number of hydrogen-bond acceptors (Lipinski definition) is 6. The van der Waals surface area contributed by atoms with Crippen molar-refractivity contribution < 1.29 is 19.0 Å². The first-order chi connectivity index (χ1) is 14.0. The summed E-state index contributed by atoms with van der Waals surface area (Å²) in [6, 6.07) is 14.7. The highest BCUT2D eigenvalue weighted by Gasteiger charge is 2.15. The Hall–Kier alpha value is -3.74. The summed E-state index contributed by atoms with van der Waals surface area (Å²) < 4.78 is 15.9. The third-order valence-corrected chi connectivity index (χ3v) is 4.34. The first-order valence-corrected chi connectivity index (χ1v) is 8.95. The van der Waals surface area contributed by atoms with Gasteiger partial charge in [0.05, 0.1) is 33.2 Å². The standard InChI is InChI=1S/C22H23N3O4/c1-14-7-5-6-8-17(14)24-15-9-10-18(23-13-15)22(26)25-16-11-19(27-2)21(29-4)20(12-16)28-3/h5-13,24H,1-4H3,(H,25,26). The summed E-state index contributed by atoms with van der Waals surface area (Å²) in [5.74, 6) is 1.01. The van der Waals surface area contributed by atoms with Gasteiger partial charge < -0.3 is 24.8 Å². The predicted octanol–water partition coefficient (Wildman–Crippen LogP) is 4.41. The summed E-state index contributed by atoms with van der Waals surface area (Å²) in [4.78, 5) is 16.8. The summed E-state index contributed by atoms with van der Waals surface area (Å²) in [5.41, 5.74) is 3.70. The van der Waals surface area contributed by atoms with Crippen LogP contribution in [0.5, 0.6) is 17.2 Å². The van der Waals surface area contributed by atoms with E-state index in [0.29, 0.717) is 22.9 Å². The highest BCUT2D eigenvalue weighted by molar-refractivity contribution is 6.03. The van der Waals surface area contributed by atoms with E-state index in [9.17, 15) is 4.79 Å². The molecule has 0 saturated carbocycles. The average molecular weight is 393 g/mol. The fourth-order valence-corrected chi connectivity index (χ4v) is 2.82. The minimum atomic E-state index is -0.346. The van der Waals surface area contributed by atoms with Crippen LogP contribution in [-0.2, 0) is 0 Å². The molecule has 2 aromatic carbocycles. The van der Waals surface area contributed by atoms with Gasteiger partial charge in [0.15, 0.2) is 11.5 Å². The number of nitrogens with one attached hydrogen (secondary N) is 2. The molecule has 1 amide bonds. The van der Waals surface area contributed by atoms with Crippen molar-refractivity contribution in [2.75, 3.05) is 32.0 Å². The molecule has 0 atom stereocenters. The molecule has 7 nitrogen and oxygen atoms in total. The smallest absolute Gasteiger partial charge is 0.274 e. The van der Waals surface area contributed by atoms with Crippen molar-refractivity contribution >= 4 is 23.0 Å². The largest absolute Gasteiger partial charge is 0.493 e. The number of methoxy groups -OCH3 is 3. The Morgan fingerprint density at radius 1 is 0.897 bits per heavy atom. The van der Waals surface area contributed by atoms with Gasteiger partial charge in [0, 0.05) is 23.5 Å². The van der Waals surface area contributed by atoms with Crippen molar-refractivity contribution in [2.24, 2.45) is 0 Å². The minimum Gasteiger partial charge on any atom is -0.493 e. The van der Waals surface area contributed by atoms with Crippen LogP contribution in [-0.4, -0.2) is 32.2 Å². The minimum absolute atomic E-state index is 0.286. The third kappa shape index (κ3) is 4.57. The van der Waals surface area contributed by atoms with Crippen molar-refractivity contribution in [3.8, 4) is 17.2 Å². The molecule has 0 aliphatic heterocycles. The molecule has 1 aromatic heterocycles. The van der Waals surface area contributed by atoms with Crippen molar-refractivity contribution in [1.29, 1.82) is 0 Å². The van der Waals surface area contributed by atoms with E-state index in [1.807, 2.05) is 37.3 Å². The molecule has 0 radical (unpaired) electrons. The van der Waals surface area contributed by atoms with Crippen LogP contribution in [0.2, 0.25) is 0 Å². The SMILES string of the molecule is COc1cc(NC(=O)c2ccc(Nc3ccccc3C)cn2)cc(OC)c1OC. The molecule has 1 heterocycles. The van der Waals surface area contributed by atoms with Gasteiger partial charge in [-0.2, -0.15) is 0 Å². The number of amides is 1. The van der Waals surface area contributed by atoms with E-state index in [-0.39, 0.29) is 11.6 Å². The first-order valence-electron chi connectivity index (χ1n) is 8.95. The summed E-state index contributed by atoms with van der Waals surface area (Å²) in [7, 11) is 4.56. The van der Waals surface area contributed by atoms with E-state index in [0.717, 1.165) is 16.9 Å². The Bertz CT molecular complexity index is 978. The van der Waals surface area contributed by atoms with Crippen molar-refractivity contribution in [3.05, 3.63) is 66.0 Å². The molecule has 0 saturated heterocycles. The second-order valence-corrected chi connectivity index (χ2v) is 6.24. The molecular formula is C22H23N3O4. The maximum absolute atomic E-state index is 12.6. The quantitative estimate of drug-likeness (QED) is 0.619. The lowest BCUT2D eigenvalue weighted by Crippen LogP contribution is -2.14. The van der Waals surface area contributed by atoms with E-state index >= 15 is 0 Å². The number of carbonyl (C=O) groups is 1. The van der Waals surface area contributed by atoms with Gasteiger partial charge in [-0.3, -0.25) is 4.79 Å². The van der Waals surface area contributed by atoms with Gasteiger partial charge >= 0.3 is 0 Å². The van der Waals surface area contributed by atoms with Gasteiger partial charge in [-0.05, 0) is 30.7 Å². The van der Waals surface area contributed by atoms with Crippen LogP contribution < -0.4 is 24.8 Å². The topological polar surface area (TPSA) is 81.7 Å². The number of benzene rings is 2. The normalized spacial score (nSPS) is 10.2. The molecule has 29 heavy (non-hydrogen) atoms. The molecular weight excluding hydrogens is 370 g/mol. The Kier molecular flexibility index (Phi) is 6.19. The van der Waals surface area contributed by atoms with E-state index < -0.39 is 0 Å². The molecule has 7 heteroatoms. The van der Waals surface area contributed by atoms with Crippen LogP contribution in [0.25, 0.3) is 0 Å². The Morgan fingerprint density at radius 3 is 2.14 bits per heavy atom. The van der Waals surface area contributed by atoms with Gasteiger partial charge in [0.2, 0.25) is 5.75 Å². The number of rotatable bonds is 7. The predicted molar refractivity (Wildman–Crippen MR) is 113 cm³/mol. The van der Waals surface area contributed by atoms with Crippen LogP contribution >= 0.6 is 0 Å². The first kappa shape index (κ1) is 20.0. The number of carbonyl (C=O) groups excluding carboxylic acids is 1. The molecule has 0 unspecified atom stereocenters. The average Bonchev–Trinajstić information content (AvgIpc) is 2.75. The van der Waals surface area contributed by atoms with Crippen LogP contribution in [0.4, 0.5) is 17.1 Å². The number of anilines is 3. The Balaban J connectivity index is 1.75. The second kappa shape index (κ2) is 8.97. The van der Waals surface area contributed by atoms with Gasteiger partial charge in [-0.1, -0.05) is 18.2 Å². The fourth-order valence-electron chi connectivity index (χ4n) is 2.82. The summed E-state index contributed by atoms with van der Waals surface area (Å²) >= 11 is 0. The molecule has 3 aromatic rings. The van der Waals surface area contributed by atoms with Gasteiger partial charge in [-0.15, -0.1) is 0 Å². The highest BCUT2D eigenvalue weighted by atomic mass is 16.5. The number of ether oxygens (including phenoxy) is 3. The lowest BCUT2D eigenvalue weighted by atomic mass is 10.2. The van der Waals surface area contributed by atoms with Crippen molar-refractivity contribution in [2.45, 2.75) is 6.92 Å². The van der Waals surface area contributed by atoms with Gasteiger partial charge in [0.25, 0.3) is 5.91 Å². The van der Waals surface area contributed by atoms with E-state index in [4.69, 9.17) is 14.2 Å². The lowest BCUT2D eigenvalue weighted by Gasteiger charge is -2.14. The molecule has 0 aliphatic rings. The van der Waals surface area contributed by atoms with Crippen molar-refractivity contribution in [3.63, 3.8) is 0 Å².